The first-order valence-corrected chi connectivity index (χ1v) is 8.25. The molecule has 1 aromatic carbocycles. The molecule has 0 N–H and O–H groups in total. The van der Waals surface area contributed by atoms with Crippen LogP contribution in [0, 0.1) is 6.92 Å². The summed E-state index contributed by atoms with van der Waals surface area (Å²) in [6.07, 6.45) is 2.80. The van der Waals surface area contributed by atoms with E-state index in [2.05, 4.69) is 10.3 Å². The Labute approximate surface area is 118 Å². The molecule has 0 atom stereocenters. The average molecular weight is 295 g/mol. The van der Waals surface area contributed by atoms with Crippen molar-refractivity contribution in [3.05, 3.63) is 41.7 Å². The van der Waals surface area contributed by atoms with E-state index in [9.17, 15) is 8.42 Å². The van der Waals surface area contributed by atoms with Crippen LogP contribution in [0.3, 0.4) is 0 Å². The molecule has 0 fully saturated rings. The SMILES string of the molecule is Cc1cccc(OCCn2cc(CS(C)(=O)=O)nn2)c1. The van der Waals surface area contributed by atoms with E-state index in [4.69, 9.17) is 4.74 Å². The Morgan fingerprint density at radius 3 is 2.85 bits per heavy atom. The Hall–Kier alpha value is -1.89. The van der Waals surface area contributed by atoms with E-state index < -0.39 is 9.84 Å². The molecule has 0 radical (unpaired) electrons. The highest BCUT2D eigenvalue weighted by atomic mass is 32.2. The molecule has 2 aromatic rings. The molecular weight excluding hydrogens is 278 g/mol. The molecule has 0 amide bonds. The van der Waals surface area contributed by atoms with Gasteiger partial charge in [0.05, 0.1) is 18.0 Å². The summed E-state index contributed by atoms with van der Waals surface area (Å²) in [7, 11) is -3.08. The minimum Gasteiger partial charge on any atom is -0.492 e. The van der Waals surface area contributed by atoms with Crippen LogP contribution in [0.5, 0.6) is 5.75 Å². The third-order valence-corrected chi connectivity index (χ3v) is 3.39. The van der Waals surface area contributed by atoms with Gasteiger partial charge in [-0.1, -0.05) is 17.3 Å². The Morgan fingerprint density at radius 1 is 1.35 bits per heavy atom. The molecule has 0 aliphatic heterocycles. The summed E-state index contributed by atoms with van der Waals surface area (Å²) in [6.45, 7) is 2.97. The predicted molar refractivity (Wildman–Crippen MR) is 75.2 cm³/mol. The number of aryl methyl sites for hydroxylation is 1. The van der Waals surface area contributed by atoms with Gasteiger partial charge in [0.1, 0.15) is 12.4 Å². The minimum absolute atomic E-state index is 0.0915. The second-order valence-corrected chi connectivity index (χ2v) is 6.85. The van der Waals surface area contributed by atoms with Crippen molar-refractivity contribution in [1.29, 1.82) is 0 Å². The molecule has 0 saturated heterocycles. The summed E-state index contributed by atoms with van der Waals surface area (Å²) < 4.78 is 29.5. The maximum Gasteiger partial charge on any atom is 0.153 e. The lowest BCUT2D eigenvalue weighted by Gasteiger charge is -2.06. The van der Waals surface area contributed by atoms with Crippen LogP contribution in [0.2, 0.25) is 0 Å². The fourth-order valence-corrected chi connectivity index (χ4v) is 2.41. The monoisotopic (exact) mass is 295 g/mol. The molecule has 0 bridgehead atoms. The Balaban J connectivity index is 1.86. The number of ether oxygens (including phenoxy) is 1. The maximum absolute atomic E-state index is 11.1. The van der Waals surface area contributed by atoms with Crippen LogP contribution in [0.1, 0.15) is 11.3 Å². The van der Waals surface area contributed by atoms with Crippen molar-refractivity contribution in [1.82, 2.24) is 15.0 Å². The number of nitrogens with zero attached hydrogens (tertiary/aromatic N) is 3. The molecule has 0 aliphatic rings. The molecule has 6 nitrogen and oxygen atoms in total. The van der Waals surface area contributed by atoms with E-state index in [0.717, 1.165) is 11.3 Å². The van der Waals surface area contributed by atoms with Gasteiger partial charge in [-0.3, -0.25) is 0 Å². The van der Waals surface area contributed by atoms with E-state index in [1.807, 2.05) is 31.2 Å². The first kappa shape index (κ1) is 14.5. The molecule has 108 valence electrons. The number of sulfone groups is 1. The zero-order valence-electron chi connectivity index (χ0n) is 11.5. The highest BCUT2D eigenvalue weighted by molar-refractivity contribution is 7.89. The van der Waals surface area contributed by atoms with Crippen molar-refractivity contribution in [3.63, 3.8) is 0 Å². The number of rotatable bonds is 6. The van der Waals surface area contributed by atoms with Crippen molar-refractivity contribution in [3.8, 4) is 5.75 Å². The van der Waals surface area contributed by atoms with Crippen LogP contribution < -0.4 is 4.74 Å². The zero-order valence-corrected chi connectivity index (χ0v) is 12.3. The van der Waals surface area contributed by atoms with Crippen molar-refractivity contribution in [2.45, 2.75) is 19.2 Å². The van der Waals surface area contributed by atoms with E-state index >= 15 is 0 Å². The summed E-state index contributed by atoms with van der Waals surface area (Å²) in [6, 6.07) is 7.78. The van der Waals surface area contributed by atoms with Crippen LogP contribution in [-0.2, 0) is 22.1 Å². The van der Waals surface area contributed by atoms with Crippen LogP contribution in [-0.4, -0.2) is 36.3 Å². The fraction of sp³-hybridized carbons (Fsp3) is 0.385. The average Bonchev–Trinajstić information content (AvgIpc) is 2.74. The molecule has 2 rings (SSSR count). The van der Waals surface area contributed by atoms with E-state index in [-0.39, 0.29) is 5.75 Å². The van der Waals surface area contributed by atoms with Crippen molar-refractivity contribution >= 4 is 9.84 Å². The van der Waals surface area contributed by atoms with Gasteiger partial charge in [-0.25, -0.2) is 13.1 Å². The van der Waals surface area contributed by atoms with Crippen LogP contribution in [0.4, 0.5) is 0 Å². The molecule has 0 unspecified atom stereocenters. The molecule has 0 spiro atoms. The molecule has 20 heavy (non-hydrogen) atoms. The van der Waals surface area contributed by atoms with Gasteiger partial charge in [-0.05, 0) is 24.6 Å². The molecular formula is C13H17N3O3S. The van der Waals surface area contributed by atoms with Gasteiger partial charge in [-0.15, -0.1) is 5.10 Å². The Morgan fingerprint density at radius 2 is 2.15 bits per heavy atom. The van der Waals surface area contributed by atoms with E-state index in [1.165, 1.54) is 6.26 Å². The number of hydrogen-bond donors (Lipinski definition) is 0. The molecule has 0 aliphatic carbocycles. The molecule has 0 saturated carbocycles. The van der Waals surface area contributed by atoms with Gasteiger partial charge >= 0.3 is 0 Å². The first-order valence-electron chi connectivity index (χ1n) is 6.18. The van der Waals surface area contributed by atoms with Gasteiger partial charge in [0, 0.05) is 12.5 Å². The lowest BCUT2D eigenvalue weighted by atomic mass is 10.2. The Kier molecular flexibility index (Phi) is 4.39. The normalized spacial score (nSPS) is 11.5. The van der Waals surface area contributed by atoms with Crippen LogP contribution >= 0.6 is 0 Å². The topological polar surface area (TPSA) is 74.1 Å². The van der Waals surface area contributed by atoms with Gasteiger partial charge in [0.2, 0.25) is 0 Å². The fourth-order valence-electron chi connectivity index (χ4n) is 1.74. The van der Waals surface area contributed by atoms with Gasteiger partial charge in [-0.2, -0.15) is 0 Å². The minimum atomic E-state index is -3.08. The summed E-state index contributed by atoms with van der Waals surface area (Å²) in [5, 5.41) is 7.69. The second-order valence-electron chi connectivity index (χ2n) is 4.71. The van der Waals surface area contributed by atoms with Crippen molar-refractivity contribution < 1.29 is 13.2 Å². The zero-order chi connectivity index (χ0) is 14.6. The highest BCUT2D eigenvalue weighted by Gasteiger charge is 2.08. The number of aromatic nitrogens is 3. The smallest absolute Gasteiger partial charge is 0.153 e. The third-order valence-electron chi connectivity index (χ3n) is 2.57. The number of hydrogen-bond acceptors (Lipinski definition) is 5. The predicted octanol–water partition coefficient (Wildman–Crippen LogP) is 1.21. The Bertz CT molecular complexity index is 680. The molecule has 1 heterocycles. The number of benzene rings is 1. The largest absolute Gasteiger partial charge is 0.492 e. The summed E-state index contributed by atoms with van der Waals surface area (Å²) in [5.74, 6) is 0.715. The van der Waals surface area contributed by atoms with Crippen molar-refractivity contribution in [2.24, 2.45) is 0 Å². The van der Waals surface area contributed by atoms with Gasteiger partial charge in [0.25, 0.3) is 0 Å². The molecule has 7 heteroatoms. The van der Waals surface area contributed by atoms with E-state index in [1.54, 1.807) is 10.9 Å². The molecule has 1 aromatic heterocycles. The maximum atomic E-state index is 11.1. The van der Waals surface area contributed by atoms with E-state index in [0.29, 0.717) is 18.8 Å². The second kappa shape index (κ2) is 6.04. The first-order chi connectivity index (χ1) is 9.42. The summed E-state index contributed by atoms with van der Waals surface area (Å²) in [5.41, 5.74) is 1.58. The standard InChI is InChI=1S/C13H17N3O3S/c1-11-4-3-5-13(8-11)19-7-6-16-9-12(14-15-16)10-20(2,17)18/h3-5,8-9H,6-7,10H2,1-2H3. The van der Waals surface area contributed by atoms with Crippen LogP contribution in [0.25, 0.3) is 0 Å². The quantitative estimate of drug-likeness (QED) is 0.801. The van der Waals surface area contributed by atoms with Gasteiger partial charge in [0.15, 0.2) is 9.84 Å². The lowest BCUT2D eigenvalue weighted by Crippen LogP contribution is -2.08. The summed E-state index contributed by atoms with van der Waals surface area (Å²) >= 11 is 0. The highest BCUT2D eigenvalue weighted by Crippen LogP contribution is 2.12. The van der Waals surface area contributed by atoms with Gasteiger partial charge < -0.3 is 4.74 Å². The lowest BCUT2D eigenvalue weighted by molar-refractivity contribution is 0.289. The van der Waals surface area contributed by atoms with Crippen LogP contribution in [0.15, 0.2) is 30.5 Å². The third kappa shape index (κ3) is 4.65. The van der Waals surface area contributed by atoms with Crippen molar-refractivity contribution in [2.75, 3.05) is 12.9 Å². The summed E-state index contributed by atoms with van der Waals surface area (Å²) in [4.78, 5) is 0.